The highest BCUT2D eigenvalue weighted by Crippen LogP contribution is 2.38. The number of nitrogens with two attached hydrogens (primary N) is 1. The minimum atomic E-state index is -0.854. The van der Waals surface area contributed by atoms with Crippen LogP contribution < -0.4 is 16.0 Å². The lowest BCUT2D eigenvalue weighted by molar-refractivity contribution is -0.131. The predicted octanol–water partition coefficient (Wildman–Crippen LogP) is 4.25. The molecule has 3 aromatic rings. The zero-order chi connectivity index (χ0) is 25.5. The summed E-state index contributed by atoms with van der Waals surface area (Å²) in [5.74, 6) is -0.373. The molecule has 2 aromatic carbocycles. The van der Waals surface area contributed by atoms with Crippen molar-refractivity contribution in [1.29, 1.82) is 0 Å². The lowest BCUT2D eigenvalue weighted by Crippen LogP contribution is -2.42. The van der Waals surface area contributed by atoms with Gasteiger partial charge in [-0.2, -0.15) is 0 Å². The van der Waals surface area contributed by atoms with Crippen LogP contribution in [0, 0.1) is 5.92 Å². The summed E-state index contributed by atoms with van der Waals surface area (Å²) in [5, 5.41) is 2.91. The fourth-order valence-corrected chi connectivity index (χ4v) is 4.98. The van der Waals surface area contributed by atoms with Gasteiger partial charge in [0.25, 0.3) is 0 Å². The van der Waals surface area contributed by atoms with E-state index in [4.69, 9.17) is 5.73 Å². The summed E-state index contributed by atoms with van der Waals surface area (Å²) in [4.78, 5) is 43.6. The summed E-state index contributed by atoms with van der Waals surface area (Å²) in [6.07, 6.45) is 5.35. The Balaban J connectivity index is 1.49. The Kier molecular flexibility index (Phi) is 8.10. The first-order valence-corrected chi connectivity index (χ1v) is 12.4. The smallest absolute Gasteiger partial charge is 0.244 e. The average molecular weight is 485 g/mol. The SMILES string of the molecule is CC(=O)N(Cc1ccc([C@@H]2CCCC[C@H]2C(=O)N[C@H](C(N)=O)c2ccccc2)cc1)c1ccccn1. The maximum Gasteiger partial charge on any atom is 0.244 e. The summed E-state index contributed by atoms with van der Waals surface area (Å²) in [6, 6.07) is 21.8. The van der Waals surface area contributed by atoms with Crippen LogP contribution in [0.4, 0.5) is 5.82 Å². The number of benzene rings is 2. The van der Waals surface area contributed by atoms with Crippen molar-refractivity contribution >= 4 is 23.5 Å². The lowest BCUT2D eigenvalue weighted by Gasteiger charge is -2.32. The number of hydrogen-bond acceptors (Lipinski definition) is 4. The van der Waals surface area contributed by atoms with E-state index in [1.54, 1.807) is 23.2 Å². The molecular formula is C29H32N4O3. The third-order valence-corrected chi connectivity index (χ3v) is 6.86. The number of pyridine rings is 1. The summed E-state index contributed by atoms with van der Waals surface area (Å²) >= 11 is 0. The van der Waals surface area contributed by atoms with Gasteiger partial charge in [0, 0.05) is 19.0 Å². The van der Waals surface area contributed by atoms with Gasteiger partial charge in [-0.15, -0.1) is 0 Å². The Bertz CT molecular complexity index is 1180. The molecule has 1 aromatic heterocycles. The fourth-order valence-electron chi connectivity index (χ4n) is 4.98. The van der Waals surface area contributed by atoms with Crippen LogP contribution in [0.2, 0.25) is 0 Å². The topological polar surface area (TPSA) is 105 Å². The van der Waals surface area contributed by atoms with E-state index in [9.17, 15) is 14.4 Å². The average Bonchev–Trinajstić information content (AvgIpc) is 2.91. The summed E-state index contributed by atoms with van der Waals surface area (Å²) in [6.45, 7) is 1.95. The summed E-state index contributed by atoms with van der Waals surface area (Å²) < 4.78 is 0. The number of amides is 3. The minimum Gasteiger partial charge on any atom is -0.368 e. The first kappa shape index (κ1) is 25.1. The number of anilines is 1. The first-order valence-electron chi connectivity index (χ1n) is 12.4. The highest BCUT2D eigenvalue weighted by Gasteiger charge is 2.34. The molecule has 186 valence electrons. The van der Waals surface area contributed by atoms with Crippen LogP contribution in [0.3, 0.4) is 0 Å². The van der Waals surface area contributed by atoms with Gasteiger partial charge in [-0.1, -0.05) is 73.5 Å². The molecule has 0 unspecified atom stereocenters. The standard InChI is InChI=1S/C29H32N4O3/c1-20(34)33(26-13-7-8-18-31-26)19-21-14-16-22(17-15-21)24-11-5-6-12-25(24)29(36)32-27(28(30)35)23-9-3-2-4-10-23/h2-4,7-10,13-18,24-25,27H,5-6,11-12,19H2,1H3,(H2,30,35)(H,32,36)/t24-,25+,27-/m0/s1. The van der Waals surface area contributed by atoms with Gasteiger partial charge in [-0.3, -0.25) is 19.3 Å². The quantitative estimate of drug-likeness (QED) is 0.499. The maximum atomic E-state index is 13.3. The van der Waals surface area contributed by atoms with Crippen molar-refractivity contribution in [2.75, 3.05) is 4.90 Å². The molecule has 1 saturated carbocycles. The number of rotatable bonds is 8. The van der Waals surface area contributed by atoms with Gasteiger partial charge in [-0.25, -0.2) is 4.98 Å². The molecular weight excluding hydrogens is 452 g/mol. The second-order valence-corrected chi connectivity index (χ2v) is 9.29. The number of nitrogens with one attached hydrogen (secondary N) is 1. The third kappa shape index (κ3) is 5.97. The molecule has 7 nitrogen and oxygen atoms in total. The molecule has 1 aliphatic rings. The molecule has 0 saturated heterocycles. The highest BCUT2D eigenvalue weighted by molar-refractivity contribution is 5.90. The summed E-state index contributed by atoms with van der Waals surface area (Å²) in [7, 11) is 0. The van der Waals surface area contributed by atoms with E-state index in [2.05, 4.69) is 10.3 Å². The summed E-state index contributed by atoms with van der Waals surface area (Å²) in [5.41, 5.74) is 8.37. The molecule has 3 amide bonds. The fraction of sp³-hybridized carbons (Fsp3) is 0.310. The van der Waals surface area contributed by atoms with Gasteiger partial charge < -0.3 is 11.1 Å². The Morgan fingerprint density at radius 3 is 2.31 bits per heavy atom. The minimum absolute atomic E-state index is 0.0526. The van der Waals surface area contributed by atoms with Crippen molar-refractivity contribution in [3.8, 4) is 0 Å². The molecule has 7 heteroatoms. The van der Waals surface area contributed by atoms with E-state index in [0.29, 0.717) is 17.9 Å². The lowest BCUT2D eigenvalue weighted by atomic mass is 9.74. The van der Waals surface area contributed by atoms with Gasteiger partial charge >= 0.3 is 0 Å². The molecule has 1 fully saturated rings. The van der Waals surface area contributed by atoms with Gasteiger partial charge in [0.15, 0.2) is 0 Å². The van der Waals surface area contributed by atoms with Crippen LogP contribution in [-0.2, 0) is 20.9 Å². The maximum absolute atomic E-state index is 13.3. The Labute approximate surface area is 211 Å². The van der Waals surface area contributed by atoms with Crippen molar-refractivity contribution in [3.63, 3.8) is 0 Å². The highest BCUT2D eigenvalue weighted by atomic mass is 16.2. The van der Waals surface area contributed by atoms with E-state index in [-0.39, 0.29) is 23.7 Å². The van der Waals surface area contributed by atoms with Crippen LogP contribution in [0.25, 0.3) is 0 Å². The van der Waals surface area contributed by atoms with E-state index < -0.39 is 11.9 Å². The first-order chi connectivity index (χ1) is 17.4. The number of carbonyl (C=O) groups excluding carboxylic acids is 3. The van der Waals surface area contributed by atoms with Gasteiger partial charge in [0.05, 0.1) is 6.54 Å². The number of primary amides is 1. The molecule has 3 atom stereocenters. The van der Waals surface area contributed by atoms with Crippen LogP contribution in [-0.4, -0.2) is 22.7 Å². The number of carbonyl (C=O) groups is 3. The molecule has 1 heterocycles. The zero-order valence-corrected chi connectivity index (χ0v) is 20.5. The Morgan fingerprint density at radius 2 is 1.67 bits per heavy atom. The van der Waals surface area contributed by atoms with E-state index in [1.165, 1.54) is 6.92 Å². The number of aromatic nitrogens is 1. The van der Waals surface area contributed by atoms with Crippen LogP contribution in [0.15, 0.2) is 79.0 Å². The van der Waals surface area contributed by atoms with Gasteiger partial charge in [0.1, 0.15) is 11.9 Å². The monoisotopic (exact) mass is 484 g/mol. The molecule has 0 bridgehead atoms. The van der Waals surface area contributed by atoms with E-state index in [0.717, 1.165) is 36.8 Å². The molecule has 0 aliphatic heterocycles. The zero-order valence-electron chi connectivity index (χ0n) is 20.5. The second-order valence-electron chi connectivity index (χ2n) is 9.29. The van der Waals surface area contributed by atoms with Gasteiger partial charge in [-0.05, 0) is 47.6 Å². The van der Waals surface area contributed by atoms with Crippen LogP contribution in [0.5, 0.6) is 0 Å². The van der Waals surface area contributed by atoms with Crippen molar-refractivity contribution in [1.82, 2.24) is 10.3 Å². The molecule has 36 heavy (non-hydrogen) atoms. The largest absolute Gasteiger partial charge is 0.368 e. The number of hydrogen-bond donors (Lipinski definition) is 2. The Morgan fingerprint density at radius 1 is 0.972 bits per heavy atom. The molecule has 3 N–H and O–H groups in total. The normalized spacial score (nSPS) is 18.1. The van der Waals surface area contributed by atoms with Crippen molar-refractivity contribution in [2.24, 2.45) is 11.7 Å². The van der Waals surface area contributed by atoms with Crippen LogP contribution in [0.1, 0.15) is 61.3 Å². The van der Waals surface area contributed by atoms with Crippen molar-refractivity contribution in [2.45, 2.75) is 51.1 Å². The molecule has 1 aliphatic carbocycles. The van der Waals surface area contributed by atoms with Crippen LogP contribution >= 0.6 is 0 Å². The molecule has 0 spiro atoms. The molecule has 4 rings (SSSR count). The van der Waals surface area contributed by atoms with Crippen molar-refractivity contribution < 1.29 is 14.4 Å². The van der Waals surface area contributed by atoms with Crippen molar-refractivity contribution in [3.05, 3.63) is 95.7 Å². The van der Waals surface area contributed by atoms with Gasteiger partial charge in [0.2, 0.25) is 17.7 Å². The second kappa shape index (κ2) is 11.6. The number of nitrogens with zero attached hydrogens (tertiary/aromatic N) is 2. The third-order valence-electron chi connectivity index (χ3n) is 6.86. The molecule has 0 radical (unpaired) electrons. The Hall–Kier alpha value is -4.00. The van der Waals surface area contributed by atoms with E-state index >= 15 is 0 Å². The predicted molar refractivity (Wildman–Crippen MR) is 139 cm³/mol. The van der Waals surface area contributed by atoms with E-state index in [1.807, 2.05) is 60.7 Å².